The molecular formula is C48H35N3O. The predicted molar refractivity (Wildman–Crippen MR) is 218 cm³/mol. The lowest BCUT2D eigenvalue weighted by Gasteiger charge is -2.30. The molecule has 0 aliphatic carbocycles. The molecule has 1 aromatic heterocycles. The molecule has 9 aromatic rings. The van der Waals surface area contributed by atoms with Crippen molar-refractivity contribution in [3.05, 3.63) is 212 Å². The summed E-state index contributed by atoms with van der Waals surface area (Å²) in [4.78, 5) is 6.93. The zero-order chi connectivity index (χ0) is 34.7. The summed E-state index contributed by atoms with van der Waals surface area (Å²) in [6.45, 7) is 0. The lowest BCUT2D eigenvalue weighted by Crippen LogP contribution is -2.13. The SMILES string of the molecule is c1ccc(N(c2ccccc2)c2cc(N(c3ccccc3)c3ccccc3)c3c(c2)oc2ccc(N(c4ccccc4)c4ccccc4)cc23)cc1. The summed E-state index contributed by atoms with van der Waals surface area (Å²) in [5, 5.41) is 2.07. The minimum Gasteiger partial charge on any atom is -0.456 e. The van der Waals surface area contributed by atoms with Gasteiger partial charge in [-0.3, -0.25) is 0 Å². The molecule has 248 valence electrons. The van der Waals surface area contributed by atoms with Crippen LogP contribution in [0.1, 0.15) is 0 Å². The highest BCUT2D eigenvalue weighted by Crippen LogP contribution is 2.48. The molecule has 1 heterocycles. The number of benzene rings is 8. The molecule has 8 aromatic carbocycles. The van der Waals surface area contributed by atoms with Crippen molar-refractivity contribution in [1.82, 2.24) is 0 Å². The Bertz CT molecular complexity index is 2440. The Hall–Kier alpha value is -7.04. The maximum Gasteiger partial charge on any atom is 0.139 e. The second-order valence-electron chi connectivity index (χ2n) is 12.6. The monoisotopic (exact) mass is 669 g/mol. The molecule has 4 heteroatoms. The molecule has 0 fully saturated rings. The summed E-state index contributed by atoms with van der Waals surface area (Å²) >= 11 is 0. The third-order valence-corrected chi connectivity index (χ3v) is 9.36. The van der Waals surface area contributed by atoms with E-state index in [4.69, 9.17) is 4.42 Å². The van der Waals surface area contributed by atoms with E-state index in [2.05, 4.69) is 227 Å². The molecular weight excluding hydrogens is 635 g/mol. The van der Waals surface area contributed by atoms with Gasteiger partial charge in [0.05, 0.1) is 16.8 Å². The zero-order valence-corrected chi connectivity index (χ0v) is 28.5. The molecule has 4 nitrogen and oxygen atoms in total. The molecule has 0 amide bonds. The van der Waals surface area contributed by atoms with Gasteiger partial charge in [-0.05, 0) is 97.1 Å². The lowest BCUT2D eigenvalue weighted by molar-refractivity contribution is 0.669. The Morgan fingerprint density at radius 3 is 1.04 bits per heavy atom. The van der Waals surface area contributed by atoms with E-state index in [1.807, 2.05) is 0 Å². The Kier molecular flexibility index (Phi) is 8.16. The van der Waals surface area contributed by atoms with Gasteiger partial charge in [-0.2, -0.15) is 0 Å². The summed E-state index contributed by atoms with van der Waals surface area (Å²) in [7, 11) is 0. The zero-order valence-electron chi connectivity index (χ0n) is 28.5. The summed E-state index contributed by atoms with van der Waals surface area (Å²) in [6, 6.07) is 74.2. The number of hydrogen-bond donors (Lipinski definition) is 0. The van der Waals surface area contributed by atoms with Crippen molar-refractivity contribution in [2.24, 2.45) is 0 Å². The second kappa shape index (κ2) is 13.7. The minimum atomic E-state index is 0.805. The first-order valence-electron chi connectivity index (χ1n) is 17.5. The van der Waals surface area contributed by atoms with Crippen LogP contribution < -0.4 is 14.7 Å². The van der Waals surface area contributed by atoms with Crippen LogP contribution in [0.3, 0.4) is 0 Å². The minimum absolute atomic E-state index is 0.805. The van der Waals surface area contributed by atoms with Crippen LogP contribution in [-0.4, -0.2) is 0 Å². The number of anilines is 9. The molecule has 52 heavy (non-hydrogen) atoms. The van der Waals surface area contributed by atoms with Crippen LogP contribution in [0, 0.1) is 0 Å². The van der Waals surface area contributed by atoms with Gasteiger partial charge in [0.25, 0.3) is 0 Å². The Labute approximate surface area is 303 Å². The van der Waals surface area contributed by atoms with Crippen molar-refractivity contribution < 1.29 is 4.42 Å². The molecule has 9 rings (SSSR count). The highest BCUT2D eigenvalue weighted by atomic mass is 16.3. The molecule has 0 atom stereocenters. The fourth-order valence-corrected chi connectivity index (χ4v) is 7.09. The van der Waals surface area contributed by atoms with E-state index in [1.165, 1.54) is 0 Å². The fourth-order valence-electron chi connectivity index (χ4n) is 7.09. The summed E-state index contributed by atoms with van der Waals surface area (Å²) < 4.78 is 6.85. The van der Waals surface area contributed by atoms with Gasteiger partial charge >= 0.3 is 0 Å². The van der Waals surface area contributed by atoms with Crippen molar-refractivity contribution in [3.8, 4) is 0 Å². The molecule has 0 saturated heterocycles. The standard InChI is InChI=1S/C48H35N3O/c1-7-19-36(20-8-1)49(37-21-9-2-10-22-37)42-31-32-46-44(33-42)48-45(51(40-27-15-5-16-28-40)41-29-17-6-18-30-41)34-43(35-47(48)52-46)50(38-23-11-3-12-24-38)39-25-13-4-14-26-39/h1-35H. The molecule has 0 unspecified atom stereocenters. The van der Waals surface area contributed by atoms with Crippen molar-refractivity contribution in [2.45, 2.75) is 0 Å². The number of rotatable bonds is 9. The largest absolute Gasteiger partial charge is 0.456 e. The summed E-state index contributed by atoms with van der Waals surface area (Å²) in [5.41, 5.74) is 11.1. The maximum atomic E-state index is 6.85. The second-order valence-corrected chi connectivity index (χ2v) is 12.6. The van der Waals surface area contributed by atoms with Crippen LogP contribution in [0.5, 0.6) is 0 Å². The van der Waals surface area contributed by atoms with Gasteiger partial charge in [-0.1, -0.05) is 109 Å². The summed E-state index contributed by atoms with van der Waals surface area (Å²) in [5.74, 6) is 0. The van der Waals surface area contributed by atoms with Crippen molar-refractivity contribution in [1.29, 1.82) is 0 Å². The van der Waals surface area contributed by atoms with E-state index >= 15 is 0 Å². The lowest BCUT2D eigenvalue weighted by atomic mass is 10.0. The average Bonchev–Trinajstić information content (AvgIpc) is 3.59. The van der Waals surface area contributed by atoms with E-state index < -0.39 is 0 Å². The van der Waals surface area contributed by atoms with Crippen LogP contribution in [0.4, 0.5) is 51.2 Å². The maximum absolute atomic E-state index is 6.85. The van der Waals surface area contributed by atoms with Crippen molar-refractivity contribution >= 4 is 73.1 Å². The average molecular weight is 670 g/mol. The van der Waals surface area contributed by atoms with Crippen LogP contribution in [-0.2, 0) is 0 Å². The first kappa shape index (κ1) is 31.0. The molecule has 0 aliphatic heterocycles. The number of para-hydroxylation sites is 6. The van der Waals surface area contributed by atoms with E-state index in [0.29, 0.717) is 0 Å². The van der Waals surface area contributed by atoms with Gasteiger partial charge in [0.1, 0.15) is 11.2 Å². The van der Waals surface area contributed by atoms with Gasteiger partial charge in [0.15, 0.2) is 0 Å². The molecule has 0 saturated carbocycles. The number of nitrogens with zero attached hydrogens (tertiary/aromatic N) is 3. The number of furan rings is 1. The topological polar surface area (TPSA) is 22.9 Å². The third kappa shape index (κ3) is 5.82. The molecule has 0 bridgehead atoms. The van der Waals surface area contributed by atoms with Gasteiger partial charge in [-0.15, -0.1) is 0 Å². The van der Waals surface area contributed by atoms with E-state index in [1.54, 1.807) is 0 Å². The third-order valence-electron chi connectivity index (χ3n) is 9.36. The van der Waals surface area contributed by atoms with E-state index in [-0.39, 0.29) is 0 Å². The molecule has 0 radical (unpaired) electrons. The van der Waals surface area contributed by atoms with Gasteiger partial charge < -0.3 is 19.1 Å². The van der Waals surface area contributed by atoms with Crippen LogP contribution in [0.15, 0.2) is 217 Å². The van der Waals surface area contributed by atoms with Crippen LogP contribution >= 0.6 is 0 Å². The van der Waals surface area contributed by atoms with Crippen molar-refractivity contribution in [2.75, 3.05) is 14.7 Å². The van der Waals surface area contributed by atoms with Crippen LogP contribution in [0.25, 0.3) is 21.9 Å². The fraction of sp³-hybridized carbons (Fsp3) is 0. The summed E-state index contributed by atoms with van der Waals surface area (Å²) in [6.07, 6.45) is 0. The van der Waals surface area contributed by atoms with Gasteiger partial charge in [0.2, 0.25) is 0 Å². The normalized spacial score (nSPS) is 11.1. The first-order chi connectivity index (χ1) is 25.8. The predicted octanol–water partition coefficient (Wildman–Crippen LogP) is 14.0. The Morgan fingerprint density at radius 1 is 0.269 bits per heavy atom. The number of hydrogen-bond acceptors (Lipinski definition) is 4. The smallest absolute Gasteiger partial charge is 0.139 e. The van der Waals surface area contributed by atoms with Crippen LogP contribution in [0.2, 0.25) is 0 Å². The van der Waals surface area contributed by atoms with E-state index in [9.17, 15) is 0 Å². The van der Waals surface area contributed by atoms with Crippen molar-refractivity contribution in [3.63, 3.8) is 0 Å². The molecule has 0 spiro atoms. The van der Waals surface area contributed by atoms with Gasteiger partial charge in [0, 0.05) is 51.3 Å². The first-order valence-corrected chi connectivity index (χ1v) is 17.5. The molecule has 0 N–H and O–H groups in total. The van der Waals surface area contributed by atoms with E-state index in [0.717, 1.165) is 73.1 Å². The Morgan fingerprint density at radius 2 is 0.635 bits per heavy atom. The Balaban J connectivity index is 1.35. The van der Waals surface area contributed by atoms with Gasteiger partial charge in [-0.25, -0.2) is 0 Å². The number of fused-ring (bicyclic) bond motifs is 3. The quantitative estimate of drug-likeness (QED) is 0.153. The highest BCUT2D eigenvalue weighted by Gasteiger charge is 2.24. The highest BCUT2D eigenvalue weighted by molar-refractivity contribution is 6.15. The molecule has 0 aliphatic rings.